The van der Waals surface area contributed by atoms with Gasteiger partial charge in [0, 0.05) is 6.61 Å². The Labute approximate surface area is 130 Å². The van der Waals surface area contributed by atoms with Gasteiger partial charge in [-0.3, -0.25) is 0 Å². The van der Waals surface area contributed by atoms with Gasteiger partial charge in [-0.05, 0) is 49.1 Å². The van der Waals surface area contributed by atoms with E-state index < -0.39 is 0 Å². The molecule has 5 heteroatoms. The first-order valence-corrected chi connectivity index (χ1v) is 7.82. The van der Waals surface area contributed by atoms with Crippen LogP contribution in [-0.2, 0) is 11.2 Å². The van der Waals surface area contributed by atoms with Gasteiger partial charge < -0.3 is 9.84 Å². The van der Waals surface area contributed by atoms with Crippen molar-refractivity contribution in [2.45, 2.75) is 33.1 Å². The summed E-state index contributed by atoms with van der Waals surface area (Å²) in [7, 11) is 0. The Kier molecular flexibility index (Phi) is 5.59. The number of halogens is 1. The number of carbonyl (C=O) groups is 1. The lowest BCUT2D eigenvalue weighted by Gasteiger charge is -2.10. The average molecular weight is 312 g/mol. The minimum Gasteiger partial charge on any atom is -0.462 e. The second-order valence-corrected chi connectivity index (χ2v) is 6.48. The van der Waals surface area contributed by atoms with Crippen LogP contribution < -0.4 is 0 Å². The van der Waals surface area contributed by atoms with E-state index in [1.807, 2.05) is 13.8 Å². The predicted molar refractivity (Wildman–Crippen MR) is 81.4 cm³/mol. The lowest BCUT2D eigenvalue weighted by molar-refractivity contribution is 0.0457. The number of aromatic nitrogens is 1. The zero-order valence-electron chi connectivity index (χ0n) is 12.5. The standard InChI is InChI=1S/C16H22ClNO3/c1-10(2)9-21-16(20)13-4-6-15(17)18-14(13)5-3-11-7-12(11)8-19/h4,6,10-12,19H,3,5,7-9H2,1-2H3/t11-,12+/m1/s1. The van der Waals surface area contributed by atoms with Gasteiger partial charge in [-0.15, -0.1) is 0 Å². The molecule has 21 heavy (non-hydrogen) atoms. The van der Waals surface area contributed by atoms with E-state index in [0.29, 0.717) is 47.2 Å². The van der Waals surface area contributed by atoms with Crippen LogP contribution >= 0.6 is 11.6 Å². The van der Waals surface area contributed by atoms with Crippen molar-refractivity contribution < 1.29 is 14.6 Å². The number of pyridine rings is 1. The van der Waals surface area contributed by atoms with Crippen molar-refractivity contribution in [3.05, 3.63) is 28.5 Å². The van der Waals surface area contributed by atoms with Crippen LogP contribution in [0.3, 0.4) is 0 Å². The van der Waals surface area contributed by atoms with Crippen LogP contribution in [0.4, 0.5) is 0 Å². The second kappa shape index (κ2) is 7.23. The third kappa shape index (κ3) is 4.68. The maximum Gasteiger partial charge on any atom is 0.339 e. The van der Waals surface area contributed by atoms with Crippen LogP contribution in [0.25, 0.3) is 0 Å². The number of ether oxygens (including phenoxy) is 1. The molecule has 0 spiro atoms. The first kappa shape index (κ1) is 16.2. The molecule has 116 valence electrons. The average Bonchev–Trinajstić information content (AvgIpc) is 3.21. The van der Waals surface area contributed by atoms with Crippen LogP contribution in [-0.4, -0.2) is 29.3 Å². The minimum absolute atomic E-state index is 0.247. The van der Waals surface area contributed by atoms with Crippen molar-refractivity contribution in [1.29, 1.82) is 0 Å². The summed E-state index contributed by atoms with van der Waals surface area (Å²) in [6, 6.07) is 3.30. The summed E-state index contributed by atoms with van der Waals surface area (Å²) in [6.45, 7) is 4.64. The van der Waals surface area contributed by atoms with Crippen LogP contribution in [0, 0.1) is 17.8 Å². The summed E-state index contributed by atoms with van der Waals surface area (Å²) in [5.41, 5.74) is 1.20. The van der Waals surface area contributed by atoms with Crippen molar-refractivity contribution in [2.75, 3.05) is 13.2 Å². The fourth-order valence-electron chi connectivity index (χ4n) is 2.38. The van der Waals surface area contributed by atoms with E-state index in [1.54, 1.807) is 12.1 Å². The van der Waals surface area contributed by atoms with Crippen LogP contribution in [0.2, 0.25) is 5.15 Å². The Hall–Kier alpha value is -1.13. The van der Waals surface area contributed by atoms with Crippen molar-refractivity contribution in [1.82, 2.24) is 4.98 Å². The molecule has 0 aromatic carbocycles. The Bertz CT molecular complexity index is 504. The zero-order chi connectivity index (χ0) is 15.4. The monoisotopic (exact) mass is 311 g/mol. The minimum atomic E-state index is -0.336. The number of aliphatic hydroxyl groups is 1. The van der Waals surface area contributed by atoms with Crippen LogP contribution in [0.1, 0.15) is 42.7 Å². The molecule has 0 bridgehead atoms. The molecule has 0 radical (unpaired) electrons. The molecule has 0 aliphatic heterocycles. The van der Waals surface area contributed by atoms with E-state index in [2.05, 4.69) is 4.98 Å². The van der Waals surface area contributed by atoms with E-state index in [9.17, 15) is 4.79 Å². The highest BCUT2D eigenvalue weighted by atomic mass is 35.5. The number of nitrogens with zero attached hydrogens (tertiary/aromatic N) is 1. The highest BCUT2D eigenvalue weighted by Gasteiger charge is 2.35. The van der Waals surface area contributed by atoms with Gasteiger partial charge in [0.05, 0.1) is 17.9 Å². The molecule has 1 heterocycles. The molecule has 4 nitrogen and oxygen atoms in total. The summed E-state index contributed by atoms with van der Waals surface area (Å²) in [5.74, 6) is 0.919. The van der Waals surface area contributed by atoms with Gasteiger partial charge in [-0.1, -0.05) is 25.4 Å². The maximum atomic E-state index is 12.1. The normalized spacial score (nSPS) is 20.6. The molecule has 0 unspecified atom stereocenters. The highest BCUT2D eigenvalue weighted by molar-refractivity contribution is 6.29. The molecule has 0 amide bonds. The van der Waals surface area contributed by atoms with Gasteiger partial charge in [0.1, 0.15) is 5.15 Å². The SMILES string of the molecule is CC(C)COC(=O)c1ccc(Cl)nc1CC[C@@H]1C[C@H]1CO. The number of hydrogen-bond donors (Lipinski definition) is 1. The number of aryl methyl sites for hydroxylation is 1. The Morgan fingerprint density at radius 2 is 2.24 bits per heavy atom. The summed E-state index contributed by atoms with van der Waals surface area (Å²) in [5, 5.41) is 9.46. The molecule has 1 aliphatic carbocycles. The van der Waals surface area contributed by atoms with Crippen molar-refractivity contribution in [3.63, 3.8) is 0 Å². The molecule has 1 aromatic heterocycles. The number of hydrogen-bond acceptors (Lipinski definition) is 4. The Morgan fingerprint density at radius 1 is 1.48 bits per heavy atom. The molecular formula is C16H22ClNO3. The molecule has 1 fully saturated rings. The van der Waals surface area contributed by atoms with E-state index in [-0.39, 0.29) is 12.6 Å². The maximum absolute atomic E-state index is 12.1. The predicted octanol–water partition coefficient (Wildman–Crippen LogP) is 3.11. The van der Waals surface area contributed by atoms with Gasteiger partial charge >= 0.3 is 5.97 Å². The molecule has 1 N–H and O–H groups in total. The van der Waals surface area contributed by atoms with Crippen LogP contribution in [0.5, 0.6) is 0 Å². The van der Waals surface area contributed by atoms with E-state index in [0.717, 1.165) is 12.8 Å². The zero-order valence-corrected chi connectivity index (χ0v) is 13.3. The third-order valence-corrected chi connectivity index (χ3v) is 3.97. The molecule has 2 rings (SSSR count). The third-order valence-electron chi connectivity index (χ3n) is 3.76. The van der Waals surface area contributed by atoms with Gasteiger partial charge in [-0.25, -0.2) is 9.78 Å². The number of carbonyl (C=O) groups excluding carboxylic acids is 1. The number of rotatable bonds is 7. The topological polar surface area (TPSA) is 59.4 Å². The van der Waals surface area contributed by atoms with Gasteiger partial charge in [0.15, 0.2) is 0 Å². The van der Waals surface area contributed by atoms with E-state index in [4.69, 9.17) is 21.4 Å². The molecule has 1 saturated carbocycles. The first-order chi connectivity index (χ1) is 10.0. The highest BCUT2D eigenvalue weighted by Crippen LogP contribution is 2.41. The molecule has 1 aliphatic rings. The molecule has 0 saturated heterocycles. The lowest BCUT2D eigenvalue weighted by Crippen LogP contribution is -2.13. The number of aliphatic hydroxyl groups excluding tert-OH is 1. The molecule has 2 atom stereocenters. The smallest absolute Gasteiger partial charge is 0.339 e. The van der Waals surface area contributed by atoms with E-state index in [1.165, 1.54) is 0 Å². The molecule has 1 aromatic rings. The Morgan fingerprint density at radius 3 is 2.86 bits per heavy atom. The summed E-state index contributed by atoms with van der Waals surface area (Å²) < 4.78 is 5.27. The number of esters is 1. The van der Waals surface area contributed by atoms with Crippen molar-refractivity contribution in [2.24, 2.45) is 17.8 Å². The van der Waals surface area contributed by atoms with Gasteiger partial charge in [-0.2, -0.15) is 0 Å². The van der Waals surface area contributed by atoms with Crippen molar-refractivity contribution >= 4 is 17.6 Å². The molecular weight excluding hydrogens is 290 g/mol. The quantitative estimate of drug-likeness (QED) is 0.621. The van der Waals surface area contributed by atoms with Gasteiger partial charge in [0.25, 0.3) is 0 Å². The van der Waals surface area contributed by atoms with Crippen molar-refractivity contribution in [3.8, 4) is 0 Å². The summed E-state index contributed by atoms with van der Waals surface area (Å²) in [4.78, 5) is 16.4. The Balaban J connectivity index is 2.01. The van der Waals surface area contributed by atoms with Gasteiger partial charge in [0.2, 0.25) is 0 Å². The first-order valence-electron chi connectivity index (χ1n) is 7.44. The summed E-state index contributed by atoms with van der Waals surface area (Å²) >= 11 is 5.93. The largest absolute Gasteiger partial charge is 0.462 e. The fraction of sp³-hybridized carbons (Fsp3) is 0.625. The fourth-order valence-corrected chi connectivity index (χ4v) is 2.55. The summed E-state index contributed by atoms with van der Waals surface area (Å²) in [6.07, 6.45) is 2.67. The lowest BCUT2D eigenvalue weighted by atomic mass is 10.1. The second-order valence-electron chi connectivity index (χ2n) is 6.10. The van der Waals surface area contributed by atoms with E-state index >= 15 is 0 Å². The van der Waals surface area contributed by atoms with Crippen LogP contribution in [0.15, 0.2) is 12.1 Å².